The van der Waals surface area contributed by atoms with Crippen LogP contribution in [0.2, 0.25) is 0 Å². The molecule has 0 aliphatic carbocycles. The summed E-state index contributed by atoms with van der Waals surface area (Å²) in [6.45, 7) is 2.08. The van der Waals surface area contributed by atoms with Crippen molar-refractivity contribution in [3.05, 3.63) is 53.0 Å². The highest BCUT2D eigenvalue weighted by atomic mass is 79.9. The highest BCUT2D eigenvalue weighted by molar-refractivity contribution is 9.10. The van der Waals surface area contributed by atoms with E-state index < -0.39 is 5.97 Å². The van der Waals surface area contributed by atoms with Crippen LogP contribution >= 0.6 is 15.9 Å². The second-order valence-electron chi connectivity index (χ2n) is 4.41. The van der Waals surface area contributed by atoms with Crippen molar-refractivity contribution in [3.63, 3.8) is 0 Å². The minimum Gasteiger partial charge on any atom is -0.461 e. The van der Waals surface area contributed by atoms with Gasteiger partial charge in [-0.15, -0.1) is 0 Å². The maximum absolute atomic E-state index is 11.7. The van der Waals surface area contributed by atoms with Crippen LogP contribution < -0.4 is 0 Å². The summed E-state index contributed by atoms with van der Waals surface area (Å²) in [6, 6.07) is 7.93. The Hall–Kier alpha value is -2.21. The number of benzene rings is 1. The molecular weight excluding hydrogens is 334 g/mol. The summed E-state index contributed by atoms with van der Waals surface area (Å²) in [5.74, 6) is 0.0313. The molecule has 2 heterocycles. The number of rotatable bonds is 3. The Kier molecular flexibility index (Phi) is 3.70. The lowest BCUT2D eigenvalue weighted by atomic mass is 10.1. The topological polar surface area (TPSA) is 56.5 Å². The summed E-state index contributed by atoms with van der Waals surface area (Å²) in [5.41, 5.74) is 2.23. The van der Waals surface area contributed by atoms with Gasteiger partial charge in [-0.3, -0.25) is 4.40 Å². The molecule has 6 heteroatoms. The summed E-state index contributed by atoms with van der Waals surface area (Å²) in [6.07, 6.45) is 5.25. The SMILES string of the molecule is CCOC(=O)c1cn2cc(-c3cccc(Br)c3)cnc2n1. The molecule has 106 valence electrons. The van der Waals surface area contributed by atoms with Gasteiger partial charge < -0.3 is 4.74 Å². The Bertz CT molecular complexity index is 814. The van der Waals surface area contributed by atoms with E-state index in [0.717, 1.165) is 15.6 Å². The fraction of sp³-hybridized carbons (Fsp3) is 0.133. The zero-order chi connectivity index (χ0) is 14.8. The van der Waals surface area contributed by atoms with E-state index >= 15 is 0 Å². The molecule has 0 radical (unpaired) electrons. The number of imidazole rings is 1. The minimum atomic E-state index is -0.438. The standard InChI is InChI=1S/C15H12BrN3O2/c1-2-21-14(20)13-9-19-8-11(7-17-15(19)18-13)10-4-3-5-12(16)6-10/h3-9H,2H2,1H3. The lowest BCUT2D eigenvalue weighted by Crippen LogP contribution is -2.04. The molecule has 0 aliphatic rings. The lowest BCUT2D eigenvalue weighted by Gasteiger charge is -2.02. The molecule has 21 heavy (non-hydrogen) atoms. The van der Waals surface area contributed by atoms with E-state index in [1.807, 2.05) is 30.5 Å². The lowest BCUT2D eigenvalue weighted by molar-refractivity contribution is 0.0520. The van der Waals surface area contributed by atoms with Gasteiger partial charge in [0.1, 0.15) is 0 Å². The zero-order valence-electron chi connectivity index (χ0n) is 11.3. The maximum Gasteiger partial charge on any atom is 0.358 e. The highest BCUT2D eigenvalue weighted by Crippen LogP contribution is 2.22. The summed E-state index contributed by atoms with van der Waals surface area (Å²) < 4.78 is 7.66. The molecule has 3 rings (SSSR count). The normalized spacial score (nSPS) is 10.8. The molecule has 0 bridgehead atoms. The Morgan fingerprint density at radius 1 is 1.33 bits per heavy atom. The molecule has 3 aromatic rings. The van der Waals surface area contributed by atoms with E-state index in [0.29, 0.717) is 12.4 Å². The zero-order valence-corrected chi connectivity index (χ0v) is 12.9. The van der Waals surface area contributed by atoms with E-state index in [1.165, 1.54) is 0 Å². The average Bonchev–Trinajstić information content (AvgIpc) is 2.90. The second kappa shape index (κ2) is 5.65. The summed E-state index contributed by atoms with van der Waals surface area (Å²) in [7, 11) is 0. The predicted octanol–water partition coefficient (Wildman–Crippen LogP) is 3.34. The van der Waals surface area contributed by atoms with Crippen LogP contribution in [0.25, 0.3) is 16.9 Å². The van der Waals surface area contributed by atoms with Gasteiger partial charge in [-0.1, -0.05) is 28.1 Å². The van der Waals surface area contributed by atoms with Crippen molar-refractivity contribution in [2.75, 3.05) is 6.61 Å². The molecule has 0 atom stereocenters. The first-order valence-corrected chi connectivity index (χ1v) is 7.24. The molecule has 2 aromatic heterocycles. The van der Waals surface area contributed by atoms with Crippen LogP contribution in [-0.2, 0) is 4.74 Å². The maximum atomic E-state index is 11.7. The Balaban J connectivity index is 2.02. The average molecular weight is 346 g/mol. The molecule has 0 fully saturated rings. The van der Waals surface area contributed by atoms with Crippen molar-refractivity contribution in [1.82, 2.24) is 14.4 Å². The van der Waals surface area contributed by atoms with E-state index in [-0.39, 0.29) is 5.69 Å². The van der Waals surface area contributed by atoms with Crippen molar-refractivity contribution < 1.29 is 9.53 Å². The van der Waals surface area contributed by atoms with Gasteiger partial charge in [-0.25, -0.2) is 14.8 Å². The van der Waals surface area contributed by atoms with Crippen LogP contribution in [0.4, 0.5) is 0 Å². The van der Waals surface area contributed by atoms with Gasteiger partial charge in [0.05, 0.1) is 6.61 Å². The molecule has 0 unspecified atom stereocenters. The van der Waals surface area contributed by atoms with E-state index in [2.05, 4.69) is 25.9 Å². The van der Waals surface area contributed by atoms with Crippen LogP contribution in [0, 0.1) is 0 Å². The van der Waals surface area contributed by atoms with Gasteiger partial charge in [-0.05, 0) is 24.6 Å². The predicted molar refractivity (Wildman–Crippen MR) is 82.1 cm³/mol. The van der Waals surface area contributed by atoms with Gasteiger partial charge in [0.2, 0.25) is 5.78 Å². The fourth-order valence-electron chi connectivity index (χ4n) is 2.01. The van der Waals surface area contributed by atoms with E-state index in [1.54, 1.807) is 23.7 Å². The van der Waals surface area contributed by atoms with E-state index in [9.17, 15) is 4.79 Å². The molecule has 0 saturated carbocycles. The summed E-state index contributed by atoms with van der Waals surface area (Å²) in [5, 5.41) is 0. The number of esters is 1. The van der Waals surface area contributed by atoms with Gasteiger partial charge in [0, 0.05) is 28.6 Å². The van der Waals surface area contributed by atoms with Crippen LogP contribution in [0.5, 0.6) is 0 Å². The second-order valence-corrected chi connectivity index (χ2v) is 5.32. The molecular formula is C15H12BrN3O2. The Labute approximate surface area is 129 Å². The number of nitrogens with zero attached hydrogens (tertiary/aromatic N) is 3. The van der Waals surface area contributed by atoms with Crippen molar-refractivity contribution in [2.45, 2.75) is 6.92 Å². The van der Waals surface area contributed by atoms with Gasteiger partial charge >= 0.3 is 5.97 Å². The first kappa shape index (κ1) is 13.8. The van der Waals surface area contributed by atoms with Crippen LogP contribution in [-0.4, -0.2) is 26.9 Å². The Morgan fingerprint density at radius 3 is 2.95 bits per heavy atom. The molecule has 0 spiro atoms. The molecule has 0 N–H and O–H groups in total. The minimum absolute atomic E-state index is 0.260. The molecule has 0 aliphatic heterocycles. The van der Waals surface area contributed by atoms with Crippen molar-refractivity contribution in [1.29, 1.82) is 0 Å². The first-order chi connectivity index (χ1) is 10.2. The van der Waals surface area contributed by atoms with Crippen LogP contribution in [0.3, 0.4) is 0 Å². The highest BCUT2D eigenvalue weighted by Gasteiger charge is 2.12. The summed E-state index contributed by atoms with van der Waals surface area (Å²) >= 11 is 3.45. The quantitative estimate of drug-likeness (QED) is 0.683. The number of aromatic nitrogens is 3. The number of carbonyl (C=O) groups is 1. The first-order valence-electron chi connectivity index (χ1n) is 6.45. The van der Waals surface area contributed by atoms with Crippen molar-refractivity contribution in [2.24, 2.45) is 0 Å². The Morgan fingerprint density at radius 2 is 2.19 bits per heavy atom. The number of ether oxygens (including phenoxy) is 1. The smallest absolute Gasteiger partial charge is 0.358 e. The number of hydrogen-bond donors (Lipinski definition) is 0. The van der Waals surface area contributed by atoms with Crippen molar-refractivity contribution >= 4 is 27.7 Å². The number of hydrogen-bond acceptors (Lipinski definition) is 4. The van der Waals surface area contributed by atoms with Gasteiger partial charge in [0.15, 0.2) is 5.69 Å². The molecule has 0 saturated heterocycles. The monoisotopic (exact) mass is 345 g/mol. The third-order valence-electron chi connectivity index (χ3n) is 2.95. The third kappa shape index (κ3) is 2.80. The largest absolute Gasteiger partial charge is 0.461 e. The third-order valence-corrected chi connectivity index (χ3v) is 3.45. The molecule has 0 amide bonds. The number of fused-ring (bicyclic) bond motifs is 1. The van der Waals surface area contributed by atoms with Gasteiger partial charge in [-0.2, -0.15) is 0 Å². The van der Waals surface area contributed by atoms with Crippen molar-refractivity contribution in [3.8, 4) is 11.1 Å². The number of halogens is 1. The van der Waals surface area contributed by atoms with Gasteiger partial charge in [0.25, 0.3) is 0 Å². The van der Waals surface area contributed by atoms with E-state index in [4.69, 9.17) is 4.74 Å². The molecule has 5 nitrogen and oxygen atoms in total. The van der Waals surface area contributed by atoms with Crippen LogP contribution in [0.1, 0.15) is 17.4 Å². The number of carbonyl (C=O) groups excluding carboxylic acids is 1. The van der Waals surface area contributed by atoms with Crippen LogP contribution in [0.15, 0.2) is 47.3 Å². The fourth-order valence-corrected chi connectivity index (χ4v) is 2.40. The summed E-state index contributed by atoms with van der Waals surface area (Å²) in [4.78, 5) is 20.1. The molecule has 1 aromatic carbocycles.